The molecular formula is C17H21N3O5. The monoisotopic (exact) mass is 347 g/mol. The lowest BCUT2D eigenvalue weighted by Gasteiger charge is -2.31. The number of amides is 3. The Kier molecular flexibility index (Phi) is 4.78. The Balaban J connectivity index is 1.85. The average molecular weight is 347 g/mol. The standard InChI is InChI=1S/C17H21N3O5/c1-25-14-5-4-11(9-13(14)20-8-6-18-17(20)24)15(21)19-7-2-3-12(10-19)16(22)23/h4-5,9,12H,2-3,6-8,10H2,1H3,(H,18,24)(H,22,23). The Labute approximate surface area is 145 Å². The van der Waals surface area contributed by atoms with Gasteiger partial charge in [0.2, 0.25) is 0 Å². The molecule has 2 saturated heterocycles. The highest BCUT2D eigenvalue weighted by atomic mass is 16.5. The first-order valence-corrected chi connectivity index (χ1v) is 8.26. The minimum absolute atomic E-state index is 0.208. The van der Waals surface area contributed by atoms with Crippen molar-refractivity contribution in [3.63, 3.8) is 0 Å². The molecule has 2 aliphatic heterocycles. The van der Waals surface area contributed by atoms with Gasteiger partial charge in [0.25, 0.3) is 5.91 Å². The molecule has 0 bridgehead atoms. The van der Waals surface area contributed by atoms with Gasteiger partial charge in [-0.1, -0.05) is 0 Å². The van der Waals surface area contributed by atoms with Crippen LogP contribution in [0.25, 0.3) is 0 Å². The SMILES string of the molecule is COc1ccc(C(=O)N2CCCC(C(=O)O)C2)cc1N1CCNC1=O. The van der Waals surface area contributed by atoms with Crippen LogP contribution in [-0.4, -0.2) is 61.2 Å². The van der Waals surface area contributed by atoms with E-state index in [1.54, 1.807) is 23.1 Å². The summed E-state index contributed by atoms with van der Waals surface area (Å²) in [7, 11) is 1.51. The van der Waals surface area contributed by atoms with Crippen LogP contribution >= 0.6 is 0 Å². The maximum atomic E-state index is 12.8. The number of carbonyl (C=O) groups excluding carboxylic acids is 2. The van der Waals surface area contributed by atoms with Crippen molar-refractivity contribution in [3.05, 3.63) is 23.8 Å². The van der Waals surface area contributed by atoms with Crippen LogP contribution < -0.4 is 15.0 Å². The lowest BCUT2D eigenvalue weighted by Crippen LogP contribution is -2.42. The maximum Gasteiger partial charge on any atom is 0.322 e. The number of ether oxygens (including phenoxy) is 1. The van der Waals surface area contributed by atoms with Crippen molar-refractivity contribution in [3.8, 4) is 5.75 Å². The molecule has 2 heterocycles. The zero-order chi connectivity index (χ0) is 18.0. The largest absolute Gasteiger partial charge is 0.495 e. The minimum atomic E-state index is -0.873. The van der Waals surface area contributed by atoms with Gasteiger partial charge in [-0.3, -0.25) is 14.5 Å². The van der Waals surface area contributed by atoms with Crippen LogP contribution in [0.2, 0.25) is 0 Å². The van der Waals surface area contributed by atoms with Crippen molar-refractivity contribution in [2.75, 3.05) is 38.2 Å². The molecule has 3 amide bonds. The predicted molar refractivity (Wildman–Crippen MR) is 90.0 cm³/mol. The number of anilines is 1. The van der Waals surface area contributed by atoms with Crippen molar-refractivity contribution in [1.29, 1.82) is 0 Å². The fourth-order valence-corrected chi connectivity index (χ4v) is 3.28. The van der Waals surface area contributed by atoms with Crippen LogP contribution in [0.3, 0.4) is 0 Å². The van der Waals surface area contributed by atoms with E-state index in [0.717, 1.165) is 0 Å². The van der Waals surface area contributed by atoms with Gasteiger partial charge < -0.3 is 20.1 Å². The Hall–Kier alpha value is -2.77. The van der Waals surface area contributed by atoms with Gasteiger partial charge in [-0.15, -0.1) is 0 Å². The molecule has 0 radical (unpaired) electrons. The van der Waals surface area contributed by atoms with E-state index in [1.807, 2.05) is 0 Å². The highest BCUT2D eigenvalue weighted by molar-refractivity contribution is 6.00. The number of carboxylic acid groups (broad SMARTS) is 1. The number of hydrogen-bond donors (Lipinski definition) is 2. The molecule has 1 unspecified atom stereocenters. The second-order valence-electron chi connectivity index (χ2n) is 6.20. The number of benzene rings is 1. The lowest BCUT2D eigenvalue weighted by molar-refractivity contribution is -0.143. The number of rotatable bonds is 4. The fourth-order valence-electron chi connectivity index (χ4n) is 3.28. The molecule has 2 fully saturated rings. The number of nitrogens with zero attached hydrogens (tertiary/aromatic N) is 2. The van der Waals surface area contributed by atoms with Crippen LogP contribution in [0.15, 0.2) is 18.2 Å². The number of likely N-dealkylation sites (tertiary alicyclic amines) is 1. The molecule has 25 heavy (non-hydrogen) atoms. The molecule has 8 heteroatoms. The summed E-state index contributed by atoms with van der Waals surface area (Å²) in [6, 6.07) is 4.71. The first-order chi connectivity index (χ1) is 12.0. The van der Waals surface area contributed by atoms with E-state index >= 15 is 0 Å². The number of methoxy groups -OCH3 is 1. The second kappa shape index (κ2) is 7.00. The average Bonchev–Trinajstić information content (AvgIpc) is 3.06. The molecule has 0 spiro atoms. The van der Waals surface area contributed by atoms with Gasteiger partial charge in [-0.25, -0.2) is 4.79 Å². The van der Waals surface area contributed by atoms with Gasteiger partial charge in [-0.05, 0) is 31.0 Å². The lowest BCUT2D eigenvalue weighted by atomic mass is 9.97. The number of carboxylic acids is 1. The number of piperidine rings is 1. The normalized spacial score (nSPS) is 20.4. The zero-order valence-corrected chi connectivity index (χ0v) is 14.0. The van der Waals surface area contributed by atoms with Gasteiger partial charge in [0.15, 0.2) is 0 Å². The molecule has 2 aliphatic rings. The number of hydrogen-bond acceptors (Lipinski definition) is 4. The van der Waals surface area contributed by atoms with Crippen molar-refractivity contribution in [1.82, 2.24) is 10.2 Å². The van der Waals surface area contributed by atoms with Gasteiger partial charge in [0.05, 0.1) is 18.7 Å². The molecule has 0 saturated carbocycles. The summed E-state index contributed by atoms with van der Waals surface area (Å²) in [6.07, 6.45) is 1.25. The maximum absolute atomic E-state index is 12.8. The zero-order valence-electron chi connectivity index (χ0n) is 14.0. The minimum Gasteiger partial charge on any atom is -0.495 e. The Morgan fingerprint density at radius 3 is 2.76 bits per heavy atom. The van der Waals surface area contributed by atoms with E-state index < -0.39 is 11.9 Å². The van der Waals surface area contributed by atoms with E-state index in [4.69, 9.17) is 4.74 Å². The summed E-state index contributed by atoms with van der Waals surface area (Å²) in [5, 5.41) is 11.9. The van der Waals surface area contributed by atoms with Crippen LogP contribution in [-0.2, 0) is 4.79 Å². The molecule has 3 rings (SSSR count). The number of nitrogens with one attached hydrogen (secondary N) is 1. The van der Waals surface area contributed by atoms with Crippen molar-refractivity contribution < 1.29 is 24.2 Å². The molecule has 0 aliphatic carbocycles. The fraction of sp³-hybridized carbons (Fsp3) is 0.471. The molecule has 1 atom stereocenters. The Morgan fingerprint density at radius 2 is 2.12 bits per heavy atom. The molecule has 1 aromatic carbocycles. The summed E-state index contributed by atoms with van der Waals surface area (Å²) >= 11 is 0. The van der Waals surface area contributed by atoms with Crippen LogP contribution in [0.4, 0.5) is 10.5 Å². The van der Waals surface area contributed by atoms with Crippen molar-refractivity contribution >= 4 is 23.6 Å². The van der Waals surface area contributed by atoms with E-state index in [-0.39, 0.29) is 18.5 Å². The van der Waals surface area contributed by atoms with Gasteiger partial charge in [-0.2, -0.15) is 0 Å². The molecule has 1 aromatic rings. The van der Waals surface area contributed by atoms with Crippen molar-refractivity contribution in [2.45, 2.75) is 12.8 Å². The summed E-state index contributed by atoms with van der Waals surface area (Å²) < 4.78 is 5.31. The van der Waals surface area contributed by atoms with Crippen LogP contribution in [0.1, 0.15) is 23.2 Å². The topological polar surface area (TPSA) is 99.2 Å². The van der Waals surface area contributed by atoms with Gasteiger partial charge >= 0.3 is 12.0 Å². The molecule has 134 valence electrons. The van der Waals surface area contributed by atoms with Gasteiger partial charge in [0, 0.05) is 31.7 Å². The molecular weight excluding hydrogens is 326 g/mol. The Morgan fingerprint density at radius 1 is 1.32 bits per heavy atom. The summed E-state index contributed by atoms with van der Waals surface area (Å²) in [4.78, 5) is 39.0. The smallest absolute Gasteiger partial charge is 0.322 e. The molecule has 0 aromatic heterocycles. The molecule has 8 nitrogen and oxygen atoms in total. The van der Waals surface area contributed by atoms with Crippen LogP contribution in [0, 0.1) is 5.92 Å². The highest BCUT2D eigenvalue weighted by Crippen LogP contribution is 2.31. The number of carbonyl (C=O) groups is 3. The van der Waals surface area contributed by atoms with E-state index in [2.05, 4.69) is 5.32 Å². The third-order valence-electron chi connectivity index (χ3n) is 4.63. The highest BCUT2D eigenvalue weighted by Gasteiger charge is 2.30. The third kappa shape index (κ3) is 3.38. The quantitative estimate of drug-likeness (QED) is 0.851. The van der Waals surface area contributed by atoms with E-state index in [1.165, 1.54) is 12.0 Å². The first-order valence-electron chi connectivity index (χ1n) is 8.26. The van der Waals surface area contributed by atoms with Gasteiger partial charge in [0.1, 0.15) is 5.75 Å². The third-order valence-corrected chi connectivity index (χ3v) is 4.63. The Bertz CT molecular complexity index is 706. The van der Waals surface area contributed by atoms with E-state index in [9.17, 15) is 19.5 Å². The second-order valence-corrected chi connectivity index (χ2v) is 6.20. The van der Waals surface area contributed by atoms with E-state index in [0.29, 0.717) is 49.5 Å². The molecule has 2 N–H and O–H groups in total. The van der Waals surface area contributed by atoms with Crippen molar-refractivity contribution in [2.24, 2.45) is 5.92 Å². The van der Waals surface area contributed by atoms with Crippen LogP contribution in [0.5, 0.6) is 5.75 Å². The summed E-state index contributed by atoms with van der Waals surface area (Å²) in [5.41, 5.74) is 0.955. The number of aliphatic carboxylic acids is 1. The first kappa shape index (κ1) is 17.1. The summed E-state index contributed by atoms with van der Waals surface area (Å²) in [5.74, 6) is -1.12. The summed E-state index contributed by atoms with van der Waals surface area (Å²) in [6.45, 7) is 1.78. The number of urea groups is 1. The predicted octanol–water partition coefficient (Wildman–Crippen LogP) is 1.16.